The maximum absolute atomic E-state index is 2.21. The molecule has 10 heavy (non-hydrogen) atoms. The van der Waals surface area contributed by atoms with Gasteiger partial charge >= 0.3 is 0 Å². The summed E-state index contributed by atoms with van der Waals surface area (Å²) in [7, 11) is 0. The fourth-order valence-electron chi connectivity index (χ4n) is 1.15. The quantitative estimate of drug-likeness (QED) is 0.484. The zero-order valence-electron chi connectivity index (χ0n) is 5.70. The molecule has 50 valence electrons. The Hall–Kier alpha value is -1.24. The maximum atomic E-state index is 2.21. The van der Waals surface area contributed by atoms with Crippen LogP contribution in [0, 0.1) is 0 Å². The minimum Gasteiger partial charge on any atom is -0.344 e. The van der Waals surface area contributed by atoms with Crippen LogP contribution < -0.4 is 0 Å². The first kappa shape index (κ1) is 5.54. The van der Waals surface area contributed by atoms with Gasteiger partial charge in [-0.1, -0.05) is 18.2 Å². The van der Waals surface area contributed by atoms with Crippen molar-refractivity contribution in [1.29, 1.82) is 0 Å². The highest BCUT2D eigenvalue weighted by Gasteiger charge is 2.05. The predicted molar refractivity (Wildman–Crippen MR) is 42.2 cm³/mol. The fourth-order valence-corrected chi connectivity index (χ4v) is 1.15. The van der Waals surface area contributed by atoms with E-state index in [0.29, 0.717) is 0 Å². The minimum absolute atomic E-state index is 1.01. The molecule has 0 unspecified atom stereocenters. The standard InChI is InChI=1S/C9H9N/c1-3-7-10-8-4-2-6-9(10)5-1/h1-7H,8H2. The molecule has 0 atom stereocenters. The van der Waals surface area contributed by atoms with E-state index in [1.54, 1.807) is 0 Å². The van der Waals surface area contributed by atoms with E-state index < -0.39 is 0 Å². The van der Waals surface area contributed by atoms with Crippen molar-refractivity contribution in [1.82, 2.24) is 4.90 Å². The first-order chi connectivity index (χ1) is 4.97. The van der Waals surface area contributed by atoms with Gasteiger partial charge in [-0.25, -0.2) is 0 Å². The van der Waals surface area contributed by atoms with Crippen LogP contribution in [0.3, 0.4) is 0 Å². The van der Waals surface area contributed by atoms with Gasteiger partial charge in [-0.15, -0.1) is 0 Å². The molecule has 0 aliphatic carbocycles. The molecule has 0 amide bonds. The average molecular weight is 131 g/mol. The number of fused-ring (bicyclic) bond motifs is 1. The molecule has 0 radical (unpaired) electrons. The monoisotopic (exact) mass is 131 g/mol. The summed E-state index contributed by atoms with van der Waals surface area (Å²) in [5, 5.41) is 0. The van der Waals surface area contributed by atoms with Crippen LogP contribution in [0.25, 0.3) is 0 Å². The largest absolute Gasteiger partial charge is 0.344 e. The van der Waals surface area contributed by atoms with Crippen molar-refractivity contribution in [2.75, 3.05) is 6.54 Å². The van der Waals surface area contributed by atoms with Crippen LogP contribution in [0.5, 0.6) is 0 Å². The third kappa shape index (κ3) is 0.798. The first-order valence-electron chi connectivity index (χ1n) is 3.45. The second-order valence-corrected chi connectivity index (χ2v) is 2.37. The van der Waals surface area contributed by atoms with Gasteiger partial charge < -0.3 is 4.90 Å². The molecule has 2 rings (SSSR count). The molecular formula is C9H9N. The maximum Gasteiger partial charge on any atom is 0.0409 e. The van der Waals surface area contributed by atoms with Crippen molar-refractivity contribution in [2.45, 2.75) is 0 Å². The number of nitrogens with zero attached hydrogens (tertiary/aromatic N) is 1. The van der Waals surface area contributed by atoms with E-state index in [0.717, 1.165) is 6.54 Å². The fraction of sp³-hybridized carbons (Fsp3) is 0.111. The van der Waals surface area contributed by atoms with Crippen molar-refractivity contribution in [3.8, 4) is 0 Å². The highest BCUT2D eigenvalue weighted by atomic mass is 15.1. The molecule has 0 bridgehead atoms. The Morgan fingerprint density at radius 2 is 2.20 bits per heavy atom. The molecule has 2 aliphatic heterocycles. The Bertz CT molecular complexity index is 243. The molecule has 0 aromatic heterocycles. The van der Waals surface area contributed by atoms with E-state index in [1.807, 2.05) is 0 Å². The lowest BCUT2D eigenvalue weighted by atomic mass is 10.2. The summed E-state index contributed by atoms with van der Waals surface area (Å²) in [6, 6.07) is 0. The predicted octanol–water partition coefficient (Wildman–Crippen LogP) is 1.83. The summed E-state index contributed by atoms with van der Waals surface area (Å²) in [4.78, 5) is 2.21. The molecular weight excluding hydrogens is 122 g/mol. The van der Waals surface area contributed by atoms with Crippen molar-refractivity contribution in [2.24, 2.45) is 0 Å². The third-order valence-electron chi connectivity index (χ3n) is 1.68. The van der Waals surface area contributed by atoms with Crippen molar-refractivity contribution < 1.29 is 0 Å². The van der Waals surface area contributed by atoms with Gasteiger partial charge in [0, 0.05) is 18.4 Å². The normalized spacial score (nSPS) is 20.8. The average Bonchev–Trinajstić information content (AvgIpc) is 2.05. The van der Waals surface area contributed by atoms with Gasteiger partial charge in [-0.2, -0.15) is 0 Å². The second kappa shape index (κ2) is 2.18. The minimum atomic E-state index is 1.01. The zero-order chi connectivity index (χ0) is 6.81. The number of hydrogen-bond donors (Lipinski definition) is 0. The van der Waals surface area contributed by atoms with Crippen LogP contribution in [0.1, 0.15) is 0 Å². The van der Waals surface area contributed by atoms with Crippen molar-refractivity contribution in [3.63, 3.8) is 0 Å². The van der Waals surface area contributed by atoms with E-state index in [9.17, 15) is 0 Å². The van der Waals surface area contributed by atoms with E-state index in [2.05, 4.69) is 47.6 Å². The van der Waals surface area contributed by atoms with E-state index in [-0.39, 0.29) is 0 Å². The molecule has 1 nitrogen and oxygen atoms in total. The van der Waals surface area contributed by atoms with Crippen molar-refractivity contribution in [3.05, 3.63) is 48.4 Å². The molecule has 0 fully saturated rings. The number of rotatable bonds is 0. The van der Waals surface area contributed by atoms with Gasteiger partial charge in [0.25, 0.3) is 0 Å². The van der Waals surface area contributed by atoms with Gasteiger partial charge in [0.1, 0.15) is 0 Å². The summed E-state index contributed by atoms with van der Waals surface area (Å²) in [5.74, 6) is 0. The Balaban J connectivity index is 2.34. The third-order valence-corrected chi connectivity index (χ3v) is 1.68. The molecule has 0 spiro atoms. The molecule has 0 aromatic rings. The highest BCUT2D eigenvalue weighted by molar-refractivity contribution is 5.33. The van der Waals surface area contributed by atoms with Crippen LogP contribution in [0.2, 0.25) is 0 Å². The summed E-state index contributed by atoms with van der Waals surface area (Å²) in [6.07, 6.45) is 14.7. The van der Waals surface area contributed by atoms with E-state index in [1.165, 1.54) is 5.70 Å². The molecule has 2 heterocycles. The number of hydrogen-bond acceptors (Lipinski definition) is 1. The summed E-state index contributed by atoms with van der Waals surface area (Å²) in [5.41, 5.74) is 1.28. The van der Waals surface area contributed by atoms with Crippen LogP contribution in [-0.2, 0) is 0 Å². The summed E-state index contributed by atoms with van der Waals surface area (Å²) < 4.78 is 0. The molecule has 0 saturated carbocycles. The smallest absolute Gasteiger partial charge is 0.0409 e. The molecule has 1 heteroatoms. The van der Waals surface area contributed by atoms with Crippen LogP contribution in [-0.4, -0.2) is 11.4 Å². The van der Waals surface area contributed by atoms with Gasteiger partial charge in [-0.3, -0.25) is 0 Å². The molecule has 0 N–H and O–H groups in total. The van der Waals surface area contributed by atoms with E-state index in [4.69, 9.17) is 0 Å². The topological polar surface area (TPSA) is 3.24 Å². The summed E-state index contributed by atoms with van der Waals surface area (Å²) in [6.45, 7) is 1.01. The van der Waals surface area contributed by atoms with Crippen LogP contribution in [0.15, 0.2) is 48.4 Å². The Morgan fingerprint density at radius 3 is 3.10 bits per heavy atom. The van der Waals surface area contributed by atoms with Crippen molar-refractivity contribution >= 4 is 0 Å². The molecule has 2 aliphatic rings. The van der Waals surface area contributed by atoms with Crippen LogP contribution in [0.4, 0.5) is 0 Å². The van der Waals surface area contributed by atoms with Gasteiger partial charge in [-0.05, 0) is 18.2 Å². The second-order valence-electron chi connectivity index (χ2n) is 2.37. The zero-order valence-corrected chi connectivity index (χ0v) is 5.70. The number of allylic oxidation sites excluding steroid dienone is 5. The lowest BCUT2D eigenvalue weighted by Gasteiger charge is -2.23. The Kier molecular flexibility index (Phi) is 1.21. The Labute approximate surface area is 60.6 Å². The highest BCUT2D eigenvalue weighted by Crippen LogP contribution is 2.14. The van der Waals surface area contributed by atoms with Gasteiger partial charge in [0.05, 0.1) is 0 Å². The lowest BCUT2D eigenvalue weighted by Crippen LogP contribution is -2.18. The first-order valence-corrected chi connectivity index (χ1v) is 3.45. The SMILES string of the molecule is C1=CCN2C=CC=CC2=C1. The Morgan fingerprint density at radius 1 is 1.20 bits per heavy atom. The van der Waals surface area contributed by atoms with Crippen LogP contribution >= 0.6 is 0 Å². The lowest BCUT2D eigenvalue weighted by molar-refractivity contribution is 0.523. The molecule has 0 saturated heterocycles. The molecule has 0 aromatic carbocycles. The van der Waals surface area contributed by atoms with Gasteiger partial charge in [0.15, 0.2) is 0 Å². The summed E-state index contributed by atoms with van der Waals surface area (Å²) >= 11 is 0. The van der Waals surface area contributed by atoms with E-state index >= 15 is 0 Å². The van der Waals surface area contributed by atoms with Gasteiger partial charge in [0.2, 0.25) is 0 Å².